The fourth-order valence-electron chi connectivity index (χ4n) is 7.32. The maximum atomic E-state index is 14.5. The lowest BCUT2D eigenvalue weighted by atomic mass is 9.82. The van der Waals surface area contributed by atoms with Gasteiger partial charge in [0, 0.05) is 52.3 Å². The Morgan fingerprint density at radius 3 is 2.47 bits per heavy atom. The molecule has 2 aliphatic rings. The van der Waals surface area contributed by atoms with E-state index in [1.54, 1.807) is 37.0 Å². The van der Waals surface area contributed by atoms with Crippen molar-refractivity contribution in [3.05, 3.63) is 107 Å². The molecule has 6 rings (SSSR count). The number of hydrogen-bond donors (Lipinski definition) is 0. The number of ether oxygens (including phenoxy) is 3. The van der Waals surface area contributed by atoms with Gasteiger partial charge in [0.2, 0.25) is 10.0 Å². The average molecular weight is 718 g/mol. The number of hydroxylamine groups is 1. The number of methoxy groups -OCH3 is 2. The number of rotatable bonds is 16. The summed E-state index contributed by atoms with van der Waals surface area (Å²) in [6.07, 6.45) is 6.54. The third-order valence-electron chi connectivity index (χ3n) is 10.1. The van der Waals surface area contributed by atoms with Crippen molar-refractivity contribution < 1.29 is 27.5 Å². The van der Waals surface area contributed by atoms with Gasteiger partial charge in [0.1, 0.15) is 12.7 Å². The monoisotopic (exact) mass is 717 g/mol. The summed E-state index contributed by atoms with van der Waals surface area (Å²) in [5.41, 5.74) is 6.51. The molecule has 1 saturated heterocycles. The van der Waals surface area contributed by atoms with Crippen molar-refractivity contribution >= 4 is 15.7 Å². The molecule has 2 aliphatic heterocycles. The van der Waals surface area contributed by atoms with Crippen LogP contribution in [-0.4, -0.2) is 80.2 Å². The first-order valence-electron chi connectivity index (χ1n) is 17.9. The Kier molecular flexibility index (Phi) is 12.6. The van der Waals surface area contributed by atoms with Gasteiger partial charge in [0.15, 0.2) is 0 Å². The Labute approximate surface area is 302 Å². The standard InChI is InChI=1S/C39H51N5O6S/c1-5-34(42-28-40-27-41-42)22-35-23-37(32-12-9-30(10-13-32)25-48-4)39(24-44(35)51(45,46)36-15-7-29(2)8-16-36)49-26-31-11-14-33-17-20-50-43(38(33)21-31)18-6-19-47-3/h7-16,21,27-28,34-35,37,39H,5-6,17-20,22-26H2,1-4H3/t34-,35+,37-,39+/m1/s1. The summed E-state index contributed by atoms with van der Waals surface area (Å²) in [4.78, 5) is 10.5. The van der Waals surface area contributed by atoms with Gasteiger partial charge in [0.05, 0.1) is 42.5 Å². The Balaban J connectivity index is 1.32. The highest BCUT2D eigenvalue weighted by atomic mass is 32.2. The Morgan fingerprint density at radius 1 is 0.980 bits per heavy atom. The van der Waals surface area contributed by atoms with Gasteiger partial charge in [-0.3, -0.25) is 9.90 Å². The van der Waals surface area contributed by atoms with Gasteiger partial charge in [-0.1, -0.05) is 61.0 Å². The second-order valence-electron chi connectivity index (χ2n) is 13.6. The van der Waals surface area contributed by atoms with Crippen LogP contribution in [0.4, 0.5) is 5.69 Å². The number of sulfonamides is 1. The molecule has 12 heteroatoms. The minimum Gasteiger partial charge on any atom is -0.385 e. The van der Waals surface area contributed by atoms with Crippen molar-refractivity contribution in [1.29, 1.82) is 0 Å². The van der Waals surface area contributed by atoms with E-state index in [0.717, 1.165) is 53.7 Å². The number of piperidine rings is 1. The lowest BCUT2D eigenvalue weighted by Gasteiger charge is -2.44. The molecule has 1 fully saturated rings. The van der Waals surface area contributed by atoms with E-state index in [1.165, 1.54) is 11.9 Å². The van der Waals surface area contributed by atoms with Crippen LogP contribution in [-0.2, 0) is 48.7 Å². The number of hydrogen-bond acceptors (Lipinski definition) is 9. The molecule has 1 aromatic heterocycles. The molecule has 11 nitrogen and oxygen atoms in total. The number of anilines is 1. The second kappa shape index (κ2) is 17.2. The Bertz CT molecular complexity index is 1790. The molecule has 4 atom stereocenters. The van der Waals surface area contributed by atoms with E-state index >= 15 is 0 Å². The van der Waals surface area contributed by atoms with Crippen molar-refractivity contribution in [3.63, 3.8) is 0 Å². The molecule has 51 heavy (non-hydrogen) atoms. The van der Waals surface area contributed by atoms with Gasteiger partial charge < -0.3 is 14.2 Å². The van der Waals surface area contributed by atoms with Gasteiger partial charge in [-0.05, 0) is 73.1 Å². The summed E-state index contributed by atoms with van der Waals surface area (Å²) in [5.74, 6) is -0.0455. The first-order chi connectivity index (χ1) is 24.8. The van der Waals surface area contributed by atoms with Crippen LogP contribution in [0.15, 0.2) is 84.3 Å². The lowest BCUT2D eigenvalue weighted by molar-refractivity contribution is -0.0227. The molecule has 0 spiro atoms. The zero-order valence-electron chi connectivity index (χ0n) is 30.2. The van der Waals surface area contributed by atoms with E-state index < -0.39 is 16.1 Å². The van der Waals surface area contributed by atoms with Crippen molar-refractivity contribution in [3.8, 4) is 0 Å². The van der Waals surface area contributed by atoms with E-state index in [1.807, 2.05) is 28.8 Å². The van der Waals surface area contributed by atoms with Crippen LogP contribution < -0.4 is 5.06 Å². The van der Waals surface area contributed by atoms with Crippen LogP contribution in [0.5, 0.6) is 0 Å². The third-order valence-corrected chi connectivity index (χ3v) is 12.1. The Morgan fingerprint density at radius 2 is 1.76 bits per heavy atom. The molecule has 0 amide bonds. The maximum absolute atomic E-state index is 14.5. The second-order valence-corrected chi connectivity index (χ2v) is 15.5. The number of aryl methyl sites for hydroxylation is 1. The topological polar surface area (TPSA) is 108 Å². The van der Waals surface area contributed by atoms with E-state index in [9.17, 15) is 8.42 Å². The molecule has 0 aliphatic carbocycles. The molecule has 0 bridgehead atoms. The van der Waals surface area contributed by atoms with Gasteiger partial charge in [0.25, 0.3) is 0 Å². The quantitative estimate of drug-likeness (QED) is 0.125. The molecule has 0 unspecified atom stereocenters. The highest BCUT2D eigenvalue weighted by Crippen LogP contribution is 2.40. The van der Waals surface area contributed by atoms with E-state index in [2.05, 4.69) is 59.5 Å². The molecule has 274 valence electrons. The smallest absolute Gasteiger partial charge is 0.243 e. The fraction of sp³-hybridized carbons (Fsp3) is 0.487. The molecule has 0 radical (unpaired) electrons. The predicted octanol–water partition coefficient (Wildman–Crippen LogP) is 6.24. The van der Waals surface area contributed by atoms with Crippen LogP contribution >= 0.6 is 0 Å². The molecule has 0 N–H and O–H groups in total. The zero-order valence-corrected chi connectivity index (χ0v) is 31.0. The van der Waals surface area contributed by atoms with E-state index in [0.29, 0.717) is 39.3 Å². The highest BCUT2D eigenvalue weighted by Gasteiger charge is 2.43. The number of benzene rings is 3. The minimum atomic E-state index is -3.86. The molecular formula is C39H51N5O6S. The SMILES string of the molecule is CC[C@H](C[C@H]1C[C@H](c2ccc(COC)cc2)[C@@H](OCc2ccc3c(c2)N(CCCOC)OCC3)CN1S(=O)(=O)c1ccc(C)cc1)n1cncn1. The predicted molar refractivity (Wildman–Crippen MR) is 196 cm³/mol. The Hall–Kier alpha value is -3.65. The number of nitrogens with zero attached hydrogens (tertiary/aromatic N) is 5. The molecule has 3 aromatic carbocycles. The normalized spacial score (nSPS) is 20.3. The molecular weight excluding hydrogens is 667 g/mol. The van der Waals surface area contributed by atoms with Crippen molar-refractivity contribution in [2.75, 3.05) is 45.6 Å². The summed E-state index contributed by atoms with van der Waals surface area (Å²) in [5, 5.41) is 6.39. The van der Waals surface area contributed by atoms with Crippen molar-refractivity contribution in [1.82, 2.24) is 19.1 Å². The van der Waals surface area contributed by atoms with Gasteiger partial charge in [-0.15, -0.1) is 0 Å². The fourth-order valence-corrected chi connectivity index (χ4v) is 8.98. The van der Waals surface area contributed by atoms with Crippen molar-refractivity contribution in [2.45, 2.75) is 88.2 Å². The minimum absolute atomic E-state index is 0.0139. The van der Waals surface area contributed by atoms with Gasteiger partial charge in [-0.25, -0.2) is 18.1 Å². The summed E-state index contributed by atoms with van der Waals surface area (Å²) in [7, 11) is -0.457. The average Bonchev–Trinajstić information content (AvgIpc) is 3.69. The molecule has 0 saturated carbocycles. The van der Waals surface area contributed by atoms with E-state index in [4.69, 9.17) is 19.0 Å². The summed E-state index contributed by atoms with van der Waals surface area (Å²) in [6, 6.07) is 21.7. The van der Waals surface area contributed by atoms with Crippen LogP contribution in [0.25, 0.3) is 0 Å². The van der Waals surface area contributed by atoms with Crippen LogP contribution in [0.2, 0.25) is 0 Å². The van der Waals surface area contributed by atoms with Gasteiger partial charge in [-0.2, -0.15) is 9.40 Å². The third kappa shape index (κ3) is 8.88. The van der Waals surface area contributed by atoms with Gasteiger partial charge >= 0.3 is 0 Å². The van der Waals surface area contributed by atoms with Crippen LogP contribution in [0, 0.1) is 6.92 Å². The number of aromatic nitrogens is 3. The van der Waals surface area contributed by atoms with E-state index in [-0.39, 0.29) is 29.4 Å². The first-order valence-corrected chi connectivity index (χ1v) is 19.4. The first kappa shape index (κ1) is 37.1. The highest BCUT2D eigenvalue weighted by molar-refractivity contribution is 7.89. The summed E-state index contributed by atoms with van der Waals surface area (Å²) in [6.45, 7) is 7.18. The summed E-state index contributed by atoms with van der Waals surface area (Å²) < 4.78 is 50.1. The maximum Gasteiger partial charge on any atom is 0.243 e. The largest absolute Gasteiger partial charge is 0.385 e. The van der Waals surface area contributed by atoms with Crippen LogP contribution in [0.3, 0.4) is 0 Å². The summed E-state index contributed by atoms with van der Waals surface area (Å²) >= 11 is 0. The van der Waals surface area contributed by atoms with Crippen LogP contribution in [0.1, 0.15) is 72.4 Å². The zero-order chi connectivity index (χ0) is 35.8. The molecule has 4 aromatic rings. The van der Waals surface area contributed by atoms with Crippen molar-refractivity contribution in [2.24, 2.45) is 0 Å². The lowest BCUT2D eigenvalue weighted by Crippen LogP contribution is -2.52. The number of fused-ring (bicyclic) bond motifs is 1. The molecule has 3 heterocycles.